The number of nitriles is 1. The quantitative estimate of drug-likeness (QED) is 0.724. The van der Waals surface area contributed by atoms with Gasteiger partial charge in [-0.3, -0.25) is 19.2 Å². The maximum absolute atomic E-state index is 12.9. The number of halogens is 1. The first-order valence-electron chi connectivity index (χ1n) is 9.12. The predicted octanol–water partition coefficient (Wildman–Crippen LogP) is 1.24. The van der Waals surface area contributed by atoms with Crippen LogP contribution in [0.25, 0.3) is 0 Å². The van der Waals surface area contributed by atoms with E-state index in [9.17, 15) is 14.9 Å². The molecule has 10 nitrogen and oxygen atoms in total. The summed E-state index contributed by atoms with van der Waals surface area (Å²) in [4.78, 5) is 34.5. The molecular weight excluding hydrogens is 396 g/mol. The molecule has 0 spiro atoms. The van der Waals surface area contributed by atoms with Gasteiger partial charge in [0.05, 0.1) is 18.0 Å². The fourth-order valence-corrected chi connectivity index (χ4v) is 3.54. The molecular formula is C18H21ClN8O2. The van der Waals surface area contributed by atoms with Crippen molar-refractivity contribution in [3.63, 3.8) is 0 Å². The Morgan fingerprint density at radius 1 is 1.45 bits per heavy atom. The van der Waals surface area contributed by atoms with Crippen LogP contribution in [0.2, 0.25) is 0 Å². The van der Waals surface area contributed by atoms with Gasteiger partial charge in [-0.15, -0.1) is 12.4 Å². The molecule has 11 heteroatoms. The maximum Gasteiger partial charge on any atom is 0.248 e. The SMILES string of the molecule is CNC(=O)Cn1cc(Nc2nccc(N3CC[C@](C#N)(C4CC4)C3=O)n2)cn1.Cl. The van der Waals surface area contributed by atoms with Gasteiger partial charge in [0.25, 0.3) is 0 Å². The monoisotopic (exact) mass is 416 g/mol. The Kier molecular flexibility index (Phi) is 5.70. The van der Waals surface area contributed by atoms with Gasteiger partial charge in [0, 0.05) is 26.0 Å². The summed E-state index contributed by atoms with van der Waals surface area (Å²) in [5, 5.41) is 19.3. The fraction of sp³-hybridized carbons (Fsp3) is 0.444. The summed E-state index contributed by atoms with van der Waals surface area (Å²) in [5.74, 6) is 0.627. The molecule has 1 saturated heterocycles. The van der Waals surface area contributed by atoms with Crippen molar-refractivity contribution in [1.82, 2.24) is 25.1 Å². The molecule has 4 rings (SSSR count). The van der Waals surface area contributed by atoms with E-state index in [1.54, 1.807) is 36.6 Å². The second-order valence-electron chi connectivity index (χ2n) is 7.03. The zero-order chi connectivity index (χ0) is 19.7. The minimum atomic E-state index is -0.903. The molecule has 2 aliphatic rings. The van der Waals surface area contributed by atoms with E-state index in [4.69, 9.17) is 0 Å². The number of likely N-dealkylation sites (N-methyl/N-ethyl adjacent to an activating group) is 1. The van der Waals surface area contributed by atoms with Gasteiger partial charge >= 0.3 is 0 Å². The van der Waals surface area contributed by atoms with Gasteiger partial charge in [0.15, 0.2) is 0 Å². The number of nitrogens with one attached hydrogen (secondary N) is 2. The summed E-state index contributed by atoms with van der Waals surface area (Å²) in [6.45, 7) is 0.585. The van der Waals surface area contributed by atoms with Crippen LogP contribution in [0.15, 0.2) is 24.7 Å². The molecule has 152 valence electrons. The highest BCUT2D eigenvalue weighted by Crippen LogP contribution is 2.51. The molecule has 2 aromatic heterocycles. The first-order valence-corrected chi connectivity index (χ1v) is 9.12. The Labute approximate surface area is 173 Å². The summed E-state index contributed by atoms with van der Waals surface area (Å²) in [6.07, 6.45) is 7.20. The van der Waals surface area contributed by atoms with Gasteiger partial charge in [-0.2, -0.15) is 15.3 Å². The van der Waals surface area contributed by atoms with Crippen LogP contribution in [0.1, 0.15) is 19.3 Å². The average Bonchev–Trinajstić information content (AvgIpc) is 3.38. The number of aromatic nitrogens is 4. The van der Waals surface area contributed by atoms with Crippen LogP contribution in [-0.4, -0.2) is 45.2 Å². The maximum atomic E-state index is 12.9. The van der Waals surface area contributed by atoms with Crippen LogP contribution in [0, 0.1) is 22.7 Å². The normalized spacial score (nSPS) is 20.7. The molecule has 2 N–H and O–H groups in total. The van der Waals surface area contributed by atoms with E-state index >= 15 is 0 Å². The second-order valence-corrected chi connectivity index (χ2v) is 7.03. The molecule has 1 aliphatic heterocycles. The van der Waals surface area contributed by atoms with E-state index < -0.39 is 5.41 Å². The lowest BCUT2D eigenvalue weighted by Crippen LogP contribution is -2.35. The van der Waals surface area contributed by atoms with Crippen molar-refractivity contribution < 1.29 is 9.59 Å². The molecule has 3 heterocycles. The van der Waals surface area contributed by atoms with Crippen LogP contribution in [0.4, 0.5) is 17.5 Å². The highest BCUT2D eigenvalue weighted by atomic mass is 35.5. The molecule has 0 aromatic carbocycles. The van der Waals surface area contributed by atoms with E-state index in [0.717, 1.165) is 12.8 Å². The van der Waals surface area contributed by atoms with Crippen molar-refractivity contribution in [3.05, 3.63) is 24.7 Å². The molecule has 1 atom stereocenters. The molecule has 0 unspecified atom stereocenters. The van der Waals surface area contributed by atoms with E-state index in [2.05, 4.69) is 31.8 Å². The minimum Gasteiger partial charge on any atom is -0.358 e. The minimum absolute atomic E-state index is 0. The Balaban J connectivity index is 0.00000240. The van der Waals surface area contributed by atoms with Crippen LogP contribution < -0.4 is 15.5 Å². The summed E-state index contributed by atoms with van der Waals surface area (Å²) >= 11 is 0. The van der Waals surface area contributed by atoms with Gasteiger partial charge in [-0.25, -0.2) is 4.98 Å². The lowest BCUT2D eigenvalue weighted by atomic mass is 9.83. The highest BCUT2D eigenvalue weighted by molar-refractivity contribution is 6.01. The summed E-state index contributed by atoms with van der Waals surface area (Å²) in [5.41, 5.74) is -0.280. The lowest BCUT2D eigenvalue weighted by molar-refractivity contribution is -0.124. The topological polar surface area (TPSA) is 129 Å². The zero-order valence-electron chi connectivity index (χ0n) is 15.8. The van der Waals surface area contributed by atoms with Crippen LogP contribution in [0.5, 0.6) is 0 Å². The number of hydrogen-bond acceptors (Lipinski definition) is 7. The smallest absolute Gasteiger partial charge is 0.248 e. The highest BCUT2D eigenvalue weighted by Gasteiger charge is 2.57. The van der Waals surface area contributed by atoms with Gasteiger partial charge in [-0.1, -0.05) is 0 Å². The molecule has 2 fully saturated rings. The Bertz CT molecular complexity index is 967. The van der Waals surface area contributed by atoms with Gasteiger partial charge in [-0.05, 0) is 31.2 Å². The molecule has 0 bridgehead atoms. The summed E-state index contributed by atoms with van der Waals surface area (Å²) in [7, 11) is 1.56. The average molecular weight is 417 g/mol. The van der Waals surface area contributed by atoms with Gasteiger partial charge in [0.2, 0.25) is 17.8 Å². The van der Waals surface area contributed by atoms with E-state index in [-0.39, 0.29) is 36.7 Å². The summed E-state index contributed by atoms with van der Waals surface area (Å²) in [6, 6.07) is 3.94. The van der Waals surface area contributed by atoms with Crippen molar-refractivity contribution in [2.45, 2.75) is 25.8 Å². The molecule has 1 saturated carbocycles. The lowest BCUT2D eigenvalue weighted by Gasteiger charge is -2.20. The Morgan fingerprint density at radius 2 is 2.24 bits per heavy atom. The first kappa shape index (κ1) is 20.5. The predicted molar refractivity (Wildman–Crippen MR) is 107 cm³/mol. The molecule has 0 radical (unpaired) electrons. The zero-order valence-corrected chi connectivity index (χ0v) is 16.6. The molecule has 2 aromatic rings. The van der Waals surface area contributed by atoms with Crippen LogP contribution in [0.3, 0.4) is 0 Å². The van der Waals surface area contributed by atoms with Crippen LogP contribution in [-0.2, 0) is 16.1 Å². The largest absolute Gasteiger partial charge is 0.358 e. The summed E-state index contributed by atoms with van der Waals surface area (Å²) < 4.78 is 1.49. The van der Waals surface area contributed by atoms with Crippen molar-refractivity contribution in [2.75, 3.05) is 23.8 Å². The van der Waals surface area contributed by atoms with Crippen molar-refractivity contribution in [3.8, 4) is 6.07 Å². The number of nitrogens with zero attached hydrogens (tertiary/aromatic N) is 6. The Morgan fingerprint density at radius 3 is 2.93 bits per heavy atom. The first-order chi connectivity index (χ1) is 13.6. The number of carbonyl (C=O) groups excluding carboxylic acids is 2. The van der Waals surface area contributed by atoms with E-state index in [1.165, 1.54) is 4.68 Å². The van der Waals surface area contributed by atoms with Gasteiger partial charge in [0.1, 0.15) is 17.8 Å². The number of rotatable bonds is 6. The second kappa shape index (κ2) is 8.05. The third-order valence-corrected chi connectivity index (χ3v) is 5.22. The van der Waals surface area contributed by atoms with Crippen LogP contribution >= 0.6 is 12.4 Å². The van der Waals surface area contributed by atoms with E-state index in [0.29, 0.717) is 30.4 Å². The third-order valence-electron chi connectivity index (χ3n) is 5.22. The number of hydrogen-bond donors (Lipinski definition) is 2. The van der Waals surface area contributed by atoms with Crippen molar-refractivity contribution in [1.29, 1.82) is 5.26 Å². The van der Waals surface area contributed by atoms with Gasteiger partial charge < -0.3 is 10.6 Å². The molecule has 1 aliphatic carbocycles. The number of carbonyl (C=O) groups is 2. The number of anilines is 3. The van der Waals surface area contributed by atoms with E-state index in [1.807, 2.05) is 0 Å². The van der Waals surface area contributed by atoms with Crippen molar-refractivity contribution >= 4 is 41.7 Å². The standard InChI is InChI=1S/C18H20N8O2.ClH/c1-20-15(27)10-25-9-13(8-22-25)23-17-21-6-4-14(24-17)26-7-5-18(11-19,16(26)28)12-2-3-12;/h4,6,8-9,12H,2-3,5,7,10H2,1H3,(H,20,27)(H,21,23,24);1H/t18-;/m0./s1. The number of amides is 2. The molecule has 29 heavy (non-hydrogen) atoms. The fourth-order valence-electron chi connectivity index (χ4n) is 3.54. The Hall–Kier alpha value is -3.19. The third kappa shape index (κ3) is 3.86. The van der Waals surface area contributed by atoms with Crippen molar-refractivity contribution in [2.24, 2.45) is 11.3 Å². The molecule has 2 amide bonds.